The van der Waals surface area contributed by atoms with E-state index < -0.39 is 0 Å². The molecule has 1 unspecified atom stereocenters. The second kappa shape index (κ2) is 8.81. The lowest BCUT2D eigenvalue weighted by Gasteiger charge is -2.12. The molecule has 0 aliphatic carbocycles. The maximum atomic E-state index is 12.3. The molecule has 1 atom stereocenters. The van der Waals surface area contributed by atoms with E-state index in [2.05, 4.69) is 41.5 Å². The number of pyridine rings is 1. The van der Waals surface area contributed by atoms with Crippen LogP contribution in [0.25, 0.3) is 10.9 Å². The number of hydrogen-bond acceptors (Lipinski definition) is 2. The molecule has 0 aliphatic heterocycles. The summed E-state index contributed by atoms with van der Waals surface area (Å²) in [5.74, 6) is 0.533. The van der Waals surface area contributed by atoms with Crippen molar-refractivity contribution in [2.75, 3.05) is 6.54 Å². The smallest absolute Gasteiger partial charge is 0.251 e. The first kappa shape index (κ1) is 18.4. The van der Waals surface area contributed by atoms with Gasteiger partial charge in [-0.3, -0.25) is 9.78 Å². The van der Waals surface area contributed by atoms with Gasteiger partial charge in [-0.25, -0.2) is 0 Å². The molecule has 3 aromatic rings. The average Bonchev–Trinajstić information content (AvgIpc) is 2.66. The fourth-order valence-electron chi connectivity index (χ4n) is 3.13. The Labute approximate surface area is 159 Å². The fraction of sp³-hybridized carbons (Fsp3) is 0.273. The Morgan fingerprint density at radius 3 is 2.77 bits per heavy atom. The van der Waals surface area contributed by atoms with E-state index in [1.807, 2.05) is 12.1 Å². The SMILES string of the molecule is CC(CCCNC(=O)c1ccc2c(Cl)ccnc2c1)Cc1ccccc1. The largest absolute Gasteiger partial charge is 0.352 e. The molecule has 0 radical (unpaired) electrons. The van der Waals surface area contributed by atoms with Gasteiger partial charge < -0.3 is 5.32 Å². The molecule has 0 spiro atoms. The minimum Gasteiger partial charge on any atom is -0.352 e. The van der Waals surface area contributed by atoms with Crippen molar-refractivity contribution >= 4 is 28.4 Å². The van der Waals surface area contributed by atoms with Gasteiger partial charge in [-0.2, -0.15) is 0 Å². The molecule has 3 rings (SSSR count). The van der Waals surface area contributed by atoms with Crippen LogP contribution in [0, 0.1) is 5.92 Å². The highest BCUT2D eigenvalue weighted by molar-refractivity contribution is 6.35. The average molecular weight is 367 g/mol. The summed E-state index contributed by atoms with van der Waals surface area (Å²) in [5.41, 5.74) is 2.72. The Hall–Kier alpha value is -2.39. The first-order valence-electron chi connectivity index (χ1n) is 9.00. The minimum atomic E-state index is -0.0654. The maximum absolute atomic E-state index is 12.3. The molecule has 134 valence electrons. The zero-order valence-corrected chi connectivity index (χ0v) is 15.7. The van der Waals surface area contributed by atoms with Crippen molar-refractivity contribution in [3.05, 3.63) is 76.9 Å². The zero-order chi connectivity index (χ0) is 18.4. The molecule has 0 saturated carbocycles. The Balaban J connectivity index is 1.47. The van der Waals surface area contributed by atoms with E-state index in [-0.39, 0.29) is 5.91 Å². The topological polar surface area (TPSA) is 42.0 Å². The van der Waals surface area contributed by atoms with Crippen LogP contribution in [0.4, 0.5) is 0 Å². The Bertz CT molecular complexity index is 880. The standard InChI is InChI=1S/C22H23ClN2O/c1-16(14-17-7-3-2-4-8-17)6-5-12-25-22(26)18-9-10-19-20(23)11-13-24-21(19)15-18/h2-4,7-11,13,15-16H,5-6,12,14H2,1H3,(H,25,26). The van der Waals surface area contributed by atoms with Crippen molar-refractivity contribution in [1.29, 1.82) is 0 Å². The molecule has 1 N–H and O–H groups in total. The van der Waals surface area contributed by atoms with Crippen molar-refractivity contribution in [2.24, 2.45) is 5.92 Å². The zero-order valence-electron chi connectivity index (χ0n) is 14.9. The first-order valence-corrected chi connectivity index (χ1v) is 9.37. The summed E-state index contributed by atoms with van der Waals surface area (Å²) in [4.78, 5) is 16.6. The van der Waals surface area contributed by atoms with Gasteiger partial charge in [-0.1, -0.05) is 54.9 Å². The maximum Gasteiger partial charge on any atom is 0.251 e. The molecule has 4 heteroatoms. The molecule has 26 heavy (non-hydrogen) atoms. The lowest BCUT2D eigenvalue weighted by Crippen LogP contribution is -2.24. The number of benzene rings is 2. The van der Waals surface area contributed by atoms with Crippen LogP contribution in [0.2, 0.25) is 5.02 Å². The van der Waals surface area contributed by atoms with Gasteiger partial charge in [0.1, 0.15) is 0 Å². The van der Waals surface area contributed by atoms with Crippen molar-refractivity contribution in [1.82, 2.24) is 10.3 Å². The van der Waals surface area contributed by atoms with E-state index >= 15 is 0 Å². The summed E-state index contributed by atoms with van der Waals surface area (Å²) in [6.45, 7) is 2.94. The van der Waals surface area contributed by atoms with Crippen LogP contribution >= 0.6 is 11.6 Å². The quantitative estimate of drug-likeness (QED) is 0.578. The van der Waals surface area contributed by atoms with Crippen LogP contribution in [0.1, 0.15) is 35.7 Å². The molecular formula is C22H23ClN2O. The number of nitrogens with one attached hydrogen (secondary N) is 1. The van der Waals surface area contributed by atoms with Gasteiger partial charge in [-0.15, -0.1) is 0 Å². The van der Waals surface area contributed by atoms with Crippen molar-refractivity contribution in [3.63, 3.8) is 0 Å². The molecule has 0 aliphatic rings. The molecule has 1 amide bonds. The molecule has 3 nitrogen and oxygen atoms in total. The van der Waals surface area contributed by atoms with Gasteiger partial charge in [0.15, 0.2) is 0 Å². The van der Waals surface area contributed by atoms with E-state index in [4.69, 9.17) is 11.6 Å². The molecule has 1 heterocycles. The first-order chi connectivity index (χ1) is 12.6. The number of nitrogens with zero attached hydrogens (tertiary/aromatic N) is 1. The molecule has 0 bridgehead atoms. The van der Waals surface area contributed by atoms with Gasteiger partial charge in [0, 0.05) is 23.7 Å². The third-order valence-corrected chi connectivity index (χ3v) is 4.87. The van der Waals surface area contributed by atoms with E-state index in [0.29, 0.717) is 23.0 Å². The Morgan fingerprint density at radius 2 is 1.96 bits per heavy atom. The third-order valence-electron chi connectivity index (χ3n) is 4.54. The highest BCUT2D eigenvalue weighted by atomic mass is 35.5. The van der Waals surface area contributed by atoms with Crippen molar-refractivity contribution in [3.8, 4) is 0 Å². The lowest BCUT2D eigenvalue weighted by atomic mass is 9.97. The monoisotopic (exact) mass is 366 g/mol. The van der Waals surface area contributed by atoms with Gasteiger partial charge >= 0.3 is 0 Å². The predicted octanol–water partition coefficient (Wildman–Crippen LogP) is 5.28. The highest BCUT2D eigenvalue weighted by Gasteiger charge is 2.09. The van der Waals surface area contributed by atoms with E-state index in [1.54, 1.807) is 24.4 Å². The number of hydrogen-bond donors (Lipinski definition) is 1. The summed E-state index contributed by atoms with van der Waals surface area (Å²) in [6, 6.07) is 17.7. The second-order valence-electron chi connectivity index (χ2n) is 6.72. The molecule has 1 aromatic heterocycles. The molecule has 0 fully saturated rings. The van der Waals surface area contributed by atoms with Crippen LogP contribution in [0.3, 0.4) is 0 Å². The van der Waals surface area contributed by atoms with E-state index in [1.165, 1.54) is 5.56 Å². The second-order valence-corrected chi connectivity index (χ2v) is 7.12. The number of carbonyl (C=O) groups is 1. The number of carbonyl (C=O) groups excluding carboxylic acids is 1. The molecular weight excluding hydrogens is 344 g/mol. The minimum absolute atomic E-state index is 0.0654. The van der Waals surface area contributed by atoms with Gasteiger partial charge in [-0.05, 0) is 48.9 Å². The third kappa shape index (κ3) is 4.83. The highest BCUT2D eigenvalue weighted by Crippen LogP contribution is 2.22. The number of amides is 1. The summed E-state index contributed by atoms with van der Waals surface area (Å²) in [7, 11) is 0. The summed E-state index contributed by atoms with van der Waals surface area (Å²) >= 11 is 6.14. The summed E-state index contributed by atoms with van der Waals surface area (Å²) in [6.07, 6.45) is 4.79. The van der Waals surface area contributed by atoms with Crippen LogP contribution in [-0.2, 0) is 6.42 Å². The Kier molecular flexibility index (Phi) is 6.24. The van der Waals surface area contributed by atoms with E-state index in [9.17, 15) is 4.79 Å². The van der Waals surface area contributed by atoms with E-state index in [0.717, 1.165) is 30.2 Å². The van der Waals surface area contributed by atoms with Gasteiger partial charge in [0.25, 0.3) is 5.91 Å². The van der Waals surface area contributed by atoms with Crippen LogP contribution in [0.15, 0.2) is 60.8 Å². The number of aromatic nitrogens is 1. The number of halogens is 1. The fourth-order valence-corrected chi connectivity index (χ4v) is 3.34. The summed E-state index contributed by atoms with van der Waals surface area (Å²) in [5, 5.41) is 4.51. The molecule has 2 aromatic carbocycles. The van der Waals surface area contributed by atoms with Gasteiger partial charge in [0.2, 0.25) is 0 Å². The summed E-state index contributed by atoms with van der Waals surface area (Å²) < 4.78 is 0. The van der Waals surface area contributed by atoms with Gasteiger partial charge in [0.05, 0.1) is 10.5 Å². The van der Waals surface area contributed by atoms with Crippen LogP contribution in [-0.4, -0.2) is 17.4 Å². The van der Waals surface area contributed by atoms with Crippen molar-refractivity contribution in [2.45, 2.75) is 26.2 Å². The molecule has 0 saturated heterocycles. The lowest BCUT2D eigenvalue weighted by molar-refractivity contribution is 0.0952. The number of fused-ring (bicyclic) bond motifs is 1. The predicted molar refractivity (Wildman–Crippen MR) is 108 cm³/mol. The van der Waals surface area contributed by atoms with Crippen molar-refractivity contribution < 1.29 is 4.79 Å². The number of rotatable bonds is 7. The normalized spacial score (nSPS) is 12.1. The van der Waals surface area contributed by atoms with Crippen LogP contribution < -0.4 is 5.32 Å². The van der Waals surface area contributed by atoms with Crippen LogP contribution in [0.5, 0.6) is 0 Å². The Morgan fingerprint density at radius 1 is 1.15 bits per heavy atom.